The second-order valence-corrected chi connectivity index (χ2v) is 10.9. The van der Waals surface area contributed by atoms with Crippen molar-refractivity contribution in [3.8, 4) is 17.6 Å². The number of anilines is 3. The van der Waals surface area contributed by atoms with Crippen molar-refractivity contribution in [3.63, 3.8) is 0 Å². The van der Waals surface area contributed by atoms with Gasteiger partial charge in [0.15, 0.2) is 0 Å². The van der Waals surface area contributed by atoms with Crippen molar-refractivity contribution < 1.29 is 32.6 Å². The van der Waals surface area contributed by atoms with Crippen LogP contribution in [0.3, 0.4) is 0 Å². The van der Waals surface area contributed by atoms with Gasteiger partial charge < -0.3 is 14.2 Å². The van der Waals surface area contributed by atoms with Crippen molar-refractivity contribution >= 4 is 29.2 Å². The highest BCUT2D eigenvalue weighted by Gasteiger charge is 2.31. The molecule has 10 heteroatoms. The highest BCUT2D eigenvalue weighted by Crippen LogP contribution is 2.39. The summed E-state index contributed by atoms with van der Waals surface area (Å²) in [5.41, 5.74) is -1.55. The quantitative estimate of drug-likeness (QED) is 0.342. The molecule has 40 heavy (non-hydrogen) atoms. The molecule has 0 radical (unpaired) electrons. The Balaban J connectivity index is 2.07. The fourth-order valence-corrected chi connectivity index (χ4v) is 3.55. The first kappa shape index (κ1) is 29.9. The highest BCUT2D eigenvalue weighted by molar-refractivity contribution is 5.98. The number of rotatable bonds is 5. The van der Waals surface area contributed by atoms with Gasteiger partial charge in [-0.15, -0.1) is 0 Å². The number of amides is 2. The molecule has 0 fully saturated rings. The SMILES string of the molecule is Cc1ccc(N(C(=O)OC(C)(C)C)c2cc(F)cc(Oc3cccc(NC(=O)OC(C)(C)C)c3)c2C#N)c(F)c1. The number of ether oxygens (including phenoxy) is 3. The molecule has 2 amide bonds. The lowest BCUT2D eigenvalue weighted by Gasteiger charge is -2.28. The van der Waals surface area contributed by atoms with E-state index in [-0.39, 0.29) is 28.4 Å². The first-order valence-electron chi connectivity index (χ1n) is 12.4. The van der Waals surface area contributed by atoms with E-state index in [1.165, 1.54) is 24.3 Å². The van der Waals surface area contributed by atoms with Gasteiger partial charge in [0, 0.05) is 17.8 Å². The maximum absolute atomic E-state index is 15.1. The van der Waals surface area contributed by atoms with Gasteiger partial charge in [-0.2, -0.15) is 5.26 Å². The second-order valence-electron chi connectivity index (χ2n) is 10.9. The van der Waals surface area contributed by atoms with Gasteiger partial charge in [-0.1, -0.05) is 12.1 Å². The molecule has 0 aliphatic heterocycles. The summed E-state index contributed by atoms with van der Waals surface area (Å²) in [6.07, 6.45) is -1.71. The molecule has 0 aromatic heterocycles. The van der Waals surface area contributed by atoms with Crippen LogP contribution in [0, 0.1) is 29.9 Å². The van der Waals surface area contributed by atoms with Gasteiger partial charge in [0.05, 0.1) is 11.4 Å². The van der Waals surface area contributed by atoms with E-state index >= 15 is 4.39 Å². The van der Waals surface area contributed by atoms with Crippen LogP contribution < -0.4 is 15.0 Å². The largest absolute Gasteiger partial charge is 0.456 e. The maximum Gasteiger partial charge on any atom is 0.419 e. The summed E-state index contributed by atoms with van der Waals surface area (Å²) in [4.78, 5) is 26.3. The van der Waals surface area contributed by atoms with E-state index in [9.17, 15) is 19.2 Å². The van der Waals surface area contributed by atoms with E-state index in [1.54, 1.807) is 66.7 Å². The molecule has 210 valence electrons. The molecule has 0 heterocycles. The molecular weight excluding hydrogens is 520 g/mol. The third-order valence-electron chi connectivity index (χ3n) is 5.03. The van der Waals surface area contributed by atoms with Gasteiger partial charge in [-0.05, 0) is 84.4 Å². The number of carbonyl (C=O) groups is 2. The summed E-state index contributed by atoms with van der Waals surface area (Å²) in [5, 5.41) is 12.6. The topological polar surface area (TPSA) is 101 Å². The van der Waals surface area contributed by atoms with Gasteiger partial charge in [0.2, 0.25) is 0 Å². The number of hydrogen-bond acceptors (Lipinski definition) is 6. The molecule has 0 bridgehead atoms. The number of hydrogen-bond donors (Lipinski definition) is 1. The van der Waals surface area contributed by atoms with E-state index in [4.69, 9.17) is 14.2 Å². The maximum atomic E-state index is 15.1. The van der Waals surface area contributed by atoms with Crippen LogP contribution >= 0.6 is 0 Å². The van der Waals surface area contributed by atoms with Crippen molar-refractivity contribution in [3.05, 3.63) is 77.4 Å². The van der Waals surface area contributed by atoms with E-state index in [1.807, 2.05) is 6.07 Å². The number of aryl methyl sites for hydroxylation is 1. The minimum absolute atomic E-state index is 0.145. The van der Waals surface area contributed by atoms with Crippen LogP contribution in [0.1, 0.15) is 52.7 Å². The lowest BCUT2D eigenvalue weighted by atomic mass is 10.1. The monoisotopic (exact) mass is 551 g/mol. The number of nitrogens with zero attached hydrogens (tertiary/aromatic N) is 2. The Morgan fingerprint density at radius 3 is 2.17 bits per heavy atom. The van der Waals surface area contributed by atoms with Crippen molar-refractivity contribution in [1.82, 2.24) is 0 Å². The average Bonchev–Trinajstić information content (AvgIpc) is 2.78. The Kier molecular flexibility index (Phi) is 8.68. The number of carbonyl (C=O) groups excluding carboxylic acids is 2. The smallest absolute Gasteiger partial charge is 0.419 e. The molecule has 3 aromatic carbocycles. The van der Waals surface area contributed by atoms with Gasteiger partial charge >= 0.3 is 12.2 Å². The molecule has 0 saturated carbocycles. The number of nitrogens with one attached hydrogen (secondary N) is 1. The number of halogens is 2. The second kappa shape index (κ2) is 11.6. The molecule has 0 atom stereocenters. The van der Waals surface area contributed by atoms with Crippen LogP contribution in [0.4, 0.5) is 35.4 Å². The first-order valence-corrected chi connectivity index (χ1v) is 12.4. The minimum atomic E-state index is -1.02. The fourth-order valence-electron chi connectivity index (χ4n) is 3.55. The Morgan fingerprint density at radius 1 is 0.900 bits per heavy atom. The van der Waals surface area contributed by atoms with Crippen LogP contribution in [-0.4, -0.2) is 23.4 Å². The normalized spacial score (nSPS) is 11.3. The standard InChI is InChI=1S/C30H31F2N3O5/c1-18-11-12-24(23(32)13-18)35(28(37)40-30(5,6)7)25-14-19(31)15-26(22(25)17-33)38-21-10-8-9-20(16-21)34-27(36)39-29(2,3)4/h8-16H,1-7H3,(H,34,36). The minimum Gasteiger partial charge on any atom is -0.456 e. The van der Waals surface area contributed by atoms with Crippen LogP contribution in [0.2, 0.25) is 0 Å². The van der Waals surface area contributed by atoms with E-state index in [0.29, 0.717) is 11.3 Å². The molecule has 0 aliphatic carbocycles. The predicted octanol–water partition coefficient (Wildman–Crippen LogP) is 8.36. The predicted molar refractivity (Wildman–Crippen MR) is 147 cm³/mol. The van der Waals surface area contributed by atoms with Crippen molar-refractivity contribution in [1.29, 1.82) is 5.26 Å². The molecule has 3 rings (SSSR count). The molecule has 0 spiro atoms. The summed E-state index contributed by atoms with van der Waals surface area (Å²) in [7, 11) is 0. The fraction of sp³-hybridized carbons (Fsp3) is 0.300. The zero-order valence-corrected chi connectivity index (χ0v) is 23.4. The van der Waals surface area contributed by atoms with Crippen molar-refractivity contribution in [2.45, 2.75) is 59.7 Å². The van der Waals surface area contributed by atoms with Gasteiger partial charge in [-0.3, -0.25) is 5.32 Å². The lowest BCUT2D eigenvalue weighted by Crippen LogP contribution is -2.34. The Hall–Kier alpha value is -4.65. The van der Waals surface area contributed by atoms with E-state index < -0.39 is 35.0 Å². The Morgan fingerprint density at radius 2 is 1.57 bits per heavy atom. The Labute approximate surface area is 232 Å². The van der Waals surface area contributed by atoms with Gasteiger partial charge in [0.1, 0.15) is 46.0 Å². The third-order valence-corrected chi connectivity index (χ3v) is 5.03. The Bertz CT molecular complexity index is 1470. The molecule has 0 saturated heterocycles. The van der Waals surface area contributed by atoms with Crippen molar-refractivity contribution in [2.24, 2.45) is 0 Å². The third kappa shape index (κ3) is 7.93. The van der Waals surface area contributed by atoms with Crippen LogP contribution in [0.5, 0.6) is 11.5 Å². The molecular formula is C30H31F2N3O5. The number of nitriles is 1. The lowest BCUT2D eigenvalue weighted by molar-refractivity contribution is 0.0595. The summed E-state index contributed by atoms with van der Waals surface area (Å²) < 4.78 is 46.6. The summed E-state index contributed by atoms with van der Waals surface area (Å²) in [6, 6.07) is 14.1. The van der Waals surface area contributed by atoms with E-state index in [0.717, 1.165) is 17.0 Å². The number of benzene rings is 3. The first-order chi connectivity index (χ1) is 18.6. The van der Waals surface area contributed by atoms with Gasteiger partial charge in [-0.25, -0.2) is 23.3 Å². The zero-order valence-electron chi connectivity index (χ0n) is 23.4. The molecule has 3 aromatic rings. The van der Waals surface area contributed by atoms with Crippen LogP contribution in [-0.2, 0) is 9.47 Å². The molecule has 1 N–H and O–H groups in total. The van der Waals surface area contributed by atoms with E-state index in [2.05, 4.69) is 5.32 Å². The average molecular weight is 552 g/mol. The molecule has 0 aliphatic rings. The molecule has 0 unspecified atom stereocenters. The summed E-state index contributed by atoms with van der Waals surface area (Å²) >= 11 is 0. The molecule has 8 nitrogen and oxygen atoms in total. The van der Waals surface area contributed by atoms with Gasteiger partial charge in [0.25, 0.3) is 0 Å². The zero-order chi connectivity index (χ0) is 29.8. The summed E-state index contributed by atoms with van der Waals surface area (Å²) in [5.74, 6) is -1.73. The van der Waals surface area contributed by atoms with Crippen LogP contribution in [0.15, 0.2) is 54.6 Å². The highest BCUT2D eigenvalue weighted by atomic mass is 19.1. The summed E-state index contributed by atoms with van der Waals surface area (Å²) in [6.45, 7) is 11.7. The van der Waals surface area contributed by atoms with Crippen LogP contribution in [0.25, 0.3) is 0 Å². The van der Waals surface area contributed by atoms with Crippen molar-refractivity contribution in [2.75, 3.05) is 10.2 Å².